The van der Waals surface area contributed by atoms with Crippen LogP contribution in [0, 0.1) is 0 Å². The van der Waals surface area contributed by atoms with Crippen LogP contribution in [0.25, 0.3) is 0 Å². The quantitative estimate of drug-likeness (QED) is 0.647. The molecule has 10 heteroatoms. The lowest BCUT2D eigenvalue weighted by molar-refractivity contribution is -0.136. The number of benzene rings is 1. The number of halogens is 3. The molecule has 0 unspecified atom stereocenters. The zero-order valence-corrected chi connectivity index (χ0v) is 19.8. The Morgan fingerprint density at radius 1 is 1.00 bits per heavy atom. The predicted molar refractivity (Wildman–Crippen MR) is 131 cm³/mol. The molecule has 2 atom stereocenters. The first-order chi connectivity index (χ1) is 13.5. The molecule has 172 valence electrons. The molecule has 1 aliphatic heterocycles. The summed E-state index contributed by atoms with van der Waals surface area (Å²) in [5.74, 6) is -0.416. The molecule has 0 spiro atoms. The zero-order chi connectivity index (χ0) is 19.9. The van der Waals surface area contributed by atoms with E-state index in [0.717, 1.165) is 24.5 Å². The number of rotatable bonds is 6. The largest absolute Gasteiger partial charge is 0.368 e. The lowest BCUT2D eigenvalue weighted by atomic mass is 10.1. The van der Waals surface area contributed by atoms with Crippen LogP contribution < -0.4 is 16.0 Å². The van der Waals surface area contributed by atoms with E-state index < -0.39 is 12.1 Å². The molecular weight excluding hydrogens is 461 g/mol. The van der Waals surface area contributed by atoms with Crippen molar-refractivity contribution in [3.8, 4) is 0 Å². The van der Waals surface area contributed by atoms with E-state index >= 15 is 0 Å². The Labute approximate surface area is 202 Å². The average Bonchev–Trinajstić information content (AvgIpc) is 2.74. The van der Waals surface area contributed by atoms with Gasteiger partial charge >= 0.3 is 0 Å². The van der Waals surface area contributed by atoms with E-state index in [1.54, 1.807) is 18.0 Å². The number of nitrogens with two attached hydrogens (primary N) is 1. The van der Waals surface area contributed by atoms with Gasteiger partial charge in [0.05, 0.1) is 6.04 Å². The van der Waals surface area contributed by atoms with Gasteiger partial charge in [0.15, 0.2) is 0 Å². The van der Waals surface area contributed by atoms with Gasteiger partial charge in [0.2, 0.25) is 11.8 Å². The van der Waals surface area contributed by atoms with Gasteiger partial charge in [-0.1, -0.05) is 24.3 Å². The number of nitrogens with one attached hydrogen (secondary N) is 1. The van der Waals surface area contributed by atoms with Gasteiger partial charge in [-0.05, 0) is 31.2 Å². The molecule has 1 aliphatic rings. The zero-order valence-electron chi connectivity index (χ0n) is 17.3. The van der Waals surface area contributed by atoms with E-state index in [4.69, 9.17) is 5.73 Å². The number of para-hydroxylation sites is 1. The number of anilines is 1. The van der Waals surface area contributed by atoms with Gasteiger partial charge in [0.25, 0.3) is 0 Å². The average molecular weight is 491 g/mol. The highest BCUT2D eigenvalue weighted by Crippen LogP contribution is 2.15. The summed E-state index contributed by atoms with van der Waals surface area (Å²) < 4.78 is 0. The summed E-state index contributed by atoms with van der Waals surface area (Å²) >= 11 is 0. The molecule has 0 radical (unpaired) electrons. The molecular formula is C21H30Cl3N5O2. The summed E-state index contributed by atoms with van der Waals surface area (Å²) in [4.78, 5) is 33.3. The standard InChI is InChI=1S/C21H27N5O2.3ClH/c1-16(24-20(27)19(22)15-17-7-5-6-10-23-17)21(28)26-13-11-25(12-14-26)18-8-3-2-4-9-18;;;/h2-10,16,19H,11-15,22H2,1H3,(H,24,27);3*1H/t16-,19-;;;/m0.../s1. The Kier molecular flexibility index (Phi) is 13.2. The normalized spacial score (nSPS) is 14.8. The number of carbonyl (C=O) groups excluding carboxylic acids is 2. The summed E-state index contributed by atoms with van der Waals surface area (Å²) in [5.41, 5.74) is 7.89. The summed E-state index contributed by atoms with van der Waals surface area (Å²) in [6.07, 6.45) is 2.00. The van der Waals surface area contributed by atoms with Crippen molar-refractivity contribution in [3.05, 3.63) is 60.4 Å². The van der Waals surface area contributed by atoms with E-state index in [1.807, 2.05) is 36.4 Å². The summed E-state index contributed by atoms with van der Waals surface area (Å²) in [6.45, 7) is 4.52. The van der Waals surface area contributed by atoms with Gasteiger partial charge in [-0.25, -0.2) is 0 Å². The molecule has 1 fully saturated rings. The molecule has 3 N–H and O–H groups in total. The number of nitrogens with zero attached hydrogens (tertiary/aromatic N) is 3. The molecule has 3 rings (SSSR count). The van der Waals surface area contributed by atoms with Crippen LogP contribution in [0.4, 0.5) is 5.69 Å². The smallest absolute Gasteiger partial charge is 0.244 e. The second-order valence-electron chi connectivity index (χ2n) is 7.01. The molecule has 2 amide bonds. The van der Waals surface area contributed by atoms with Gasteiger partial charge in [0.1, 0.15) is 6.04 Å². The molecule has 0 saturated carbocycles. The van der Waals surface area contributed by atoms with E-state index in [2.05, 4.69) is 27.3 Å². The van der Waals surface area contributed by atoms with E-state index in [1.165, 1.54) is 0 Å². The number of pyridine rings is 1. The minimum atomic E-state index is -0.736. The van der Waals surface area contributed by atoms with Crippen LogP contribution in [0.2, 0.25) is 0 Å². The molecule has 1 aromatic carbocycles. The van der Waals surface area contributed by atoms with Crippen molar-refractivity contribution in [1.29, 1.82) is 0 Å². The van der Waals surface area contributed by atoms with Gasteiger partial charge in [-0.2, -0.15) is 0 Å². The number of hydrogen-bond acceptors (Lipinski definition) is 5. The van der Waals surface area contributed by atoms with Crippen molar-refractivity contribution in [2.24, 2.45) is 5.73 Å². The highest BCUT2D eigenvalue weighted by atomic mass is 35.5. The van der Waals surface area contributed by atoms with Crippen LogP contribution in [0.15, 0.2) is 54.7 Å². The third-order valence-corrected chi connectivity index (χ3v) is 4.93. The Hall–Kier alpha value is -2.06. The summed E-state index contributed by atoms with van der Waals surface area (Å²) in [5, 5.41) is 2.74. The van der Waals surface area contributed by atoms with Crippen LogP contribution in [-0.2, 0) is 16.0 Å². The first-order valence-electron chi connectivity index (χ1n) is 9.59. The van der Waals surface area contributed by atoms with Crippen molar-refractivity contribution in [3.63, 3.8) is 0 Å². The monoisotopic (exact) mass is 489 g/mol. The first kappa shape index (κ1) is 28.9. The predicted octanol–water partition coefficient (Wildman–Crippen LogP) is 2.07. The Bertz CT molecular complexity index is 790. The summed E-state index contributed by atoms with van der Waals surface area (Å²) in [7, 11) is 0. The van der Waals surface area contributed by atoms with Crippen molar-refractivity contribution >= 4 is 54.7 Å². The molecule has 0 bridgehead atoms. The maximum absolute atomic E-state index is 12.7. The molecule has 31 heavy (non-hydrogen) atoms. The minimum absolute atomic E-state index is 0. The third kappa shape index (κ3) is 8.18. The van der Waals surface area contributed by atoms with E-state index in [0.29, 0.717) is 19.5 Å². The number of carbonyl (C=O) groups is 2. The Morgan fingerprint density at radius 3 is 2.19 bits per heavy atom. The topological polar surface area (TPSA) is 91.6 Å². The van der Waals surface area contributed by atoms with Crippen molar-refractivity contribution < 1.29 is 9.59 Å². The van der Waals surface area contributed by atoms with Crippen molar-refractivity contribution in [1.82, 2.24) is 15.2 Å². The van der Waals surface area contributed by atoms with E-state index in [-0.39, 0.29) is 49.0 Å². The second kappa shape index (κ2) is 14.1. The van der Waals surface area contributed by atoms with Crippen LogP contribution in [0.3, 0.4) is 0 Å². The molecule has 2 aromatic rings. The summed E-state index contributed by atoms with van der Waals surface area (Å²) in [6, 6.07) is 14.3. The van der Waals surface area contributed by atoms with Gasteiger partial charge in [-0.15, -0.1) is 37.2 Å². The highest BCUT2D eigenvalue weighted by molar-refractivity contribution is 5.89. The highest BCUT2D eigenvalue weighted by Gasteiger charge is 2.27. The fraction of sp³-hybridized carbons (Fsp3) is 0.381. The molecule has 1 saturated heterocycles. The van der Waals surface area contributed by atoms with Crippen molar-refractivity contribution in [2.45, 2.75) is 25.4 Å². The lowest BCUT2D eigenvalue weighted by Crippen LogP contribution is -2.56. The fourth-order valence-electron chi connectivity index (χ4n) is 3.32. The number of piperazine rings is 1. The second-order valence-corrected chi connectivity index (χ2v) is 7.01. The molecule has 7 nitrogen and oxygen atoms in total. The Balaban J connectivity index is 0.00000300. The van der Waals surface area contributed by atoms with Gasteiger partial charge < -0.3 is 20.9 Å². The van der Waals surface area contributed by atoms with Crippen LogP contribution >= 0.6 is 37.2 Å². The van der Waals surface area contributed by atoms with Crippen LogP contribution in [0.1, 0.15) is 12.6 Å². The minimum Gasteiger partial charge on any atom is -0.368 e. The van der Waals surface area contributed by atoms with E-state index in [9.17, 15) is 9.59 Å². The third-order valence-electron chi connectivity index (χ3n) is 4.93. The molecule has 2 heterocycles. The SMILES string of the molecule is C[C@H](NC(=O)[C@@H](N)Cc1ccccn1)C(=O)N1CCN(c2ccccc2)CC1.Cl.Cl.Cl. The van der Waals surface area contributed by atoms with Crippen LogP contribution in [0.5, 0.6) is 0 Å². The van der Waals surface area contributed by atoms with Crippen molar-refractivity contribution in [2.75, 3.05) is 31.1 Å². The van der Waals surface area contributed by atoms with Gasteiger partial charge in [0, 0.05) is 50.2 Å². The maximum atomic E-state index is 12.7. The lowest BCUT2D eigenvalue weighted by Gasteiger charge is -2.37. The van der Waals surface area contributed by atoms with Crippen LogP contribution in [-0.4, -0.2) is 60.0 Å². The first-order valence-corrected chi connectivity index (χ1v) is 9.59. The number of aromatic nitrogens is 1. The number of amides is 2. The maximum Gasteiger partial charge on any atom is 0.244 e. The fourth-order valence-corrected chi connectivity index (χ4v) is 3.32. The molecule has 1 aromatic heterocycles. The number of hydrogen-bond donors (Lipinski definition) is 2. The molecule has 0 aliphatic carbocycles. The van der Waals surface area contributed by atoms with Gasteiger partial charge in [-0.3, -0.25) is 14.6 Å². The Morgan fingerprint density at radius 2 is 1.61 bits per heavy atom.